The van der Waals surface area contributed by atoms with Gasteiger partial charge in [-0.3, -0.25) is 9.52 Å². The van der Waals surface area contributed by atoms with Gasteiger partial charge in [-0.2, -0.15) is 5.10 Å². The number of anilines is 1. The van der Waals surface area contributed by atoms with E-state index in [0.717, 1.165) is 18.2 Å². The molecule has 2 aromatic carbocycles. The summed E-state index contributed by atoms with van der Waals surface area (Å²) >= 11 is 5.63. The van der Waals surface area contributed by atoms with E-state index in [-0.39, 0.29) is 21.3 Å². The highest BCUT2D eigenvalue weighted by Crippen LogP contribution is 2.22. The number of halogens is 2. The van der Waals surface area contributed by atoms with Crippen LogP contribution in [-0.4, -0.2) is 24.1 Å². The molecule has 1 amide bonds. The lowest BCUT2D eigenvalue weighted by Gasteiger charge is -2.09. The van der Waals surface area contributed by atoms with E-state index in [0.29, 0.717) is 5.69 Å². The van der Waals surface area contributed by atoms with Crippen molar-refractivity contribution in [2.24, 2.45) is 5.73 Å². The highest BCUT2D eigenvalue weighted by molar-refractivity contribution is 7.92. The molecule has 3 rings (SSSR count). The number of amides is 1. The SMILES string of the molecule is NC(=O)c1ccn(-c2ccc(NS(=O)(=O)c3ccc(F)c(Cl)c3)cc2)n1. The molecule has 1 aromatic heterocycles. The van der Waals surface area contributed by atoms with Crippen molar-refractivity contribution in [3.63, 3.8) is 0 Å². The zero-order valence-corrected chi connectivity index (χ0v) is 14.6. The van der Waals surface area contributed by atoms with Gasteiger partial charge in [0.05, 0.1) is 15.6 Å². The van der Waals surface area contributed by atoms with Crippen molar-refractivity contribution >= 4 is 33.2 Å². The Morgan fingerprint density at radius 2 is 1.85 bits per heavy atom. The molecular weight excluding hydrogens is 383 g/mol. The first-order valence-corrected chi connectivity index (χ1v) is 9.06. The number of carbonyl (C=O) groups is 1. The second-order valence-electron chi connectivity index (χ2n) is 5.24. The van der Waals surface area contributed by atoms with Crippen molar-refractivity contribution in [2.45, 2.75) is 4.90 Å². The van der Waals surface area contributed by atoms with Crippen molar-refractivity contribution in [3.05, 3.63) is 71.3 Å². The van der Waals surface area contributed by atoms with Crippen LogP contribution in [0.4, 0.5) is 10.1 Å². The number of carbonyl (C=O) groups excluding carboxylic acids is 1. The standard InChI is InChI=1S/C16H12ClFN4O3S/c17-13-9-12(5-6-14(13)18)26(24,25)21-10-1-3-11(4-2-10)22-8-7-15(20-22)16(19)23/h1-9,21H,(H2,19,23). The molecule has 7 nitrogen and oxygen atoms in total. The zero-order chi connectivity index (χ0) is 18.9. The van der Waals surface area contributed by atoms with Gasteiger partial charge in [0.25, 0.3) is 15.9 Å². The van der Waals surface area contributed by atoms with E-state index in [1.807, 2.05) is 0 Å². The number of nitrogens with zero attached hydrogens (tertiary/aromatic N) is 2. The number of hydrogen-bond donors (Lipinski definition) is 2. The predicted molar refractivity (Wildman–Crippen MR) is 94.3 cm³/mol. The average Bonchev–Trinajstić information content (AvgIpc) is 3.08. The second kappa shape index (κ2) is 6.77. The molecular formula is C16H12ClFN4O3S. The molecule has 0 aliphatic heterocycles. The van der Waals surface area contributed by atoms with Crippen LogP contribution in [0.15, 0.2) is 59.6 Å². The Balaban J connectivity index is 1.82. The van der Waals surface area contributed by atoms with Gasteiger partial charge in [-0.1, -0.05) is 11.6 Å². The van der Waals surface area contributed by atoms with Gasteiger partial charge in [0.15, 0.2) is 0 Å². The molecule has 0 saturated heterocycles. The Morgan fingerprint density at radius 1 is 1.15 bits per heavy atom. The van der Waals surface area contributed by atoms with Gasteiger partial charge < -0.3 is 5.73 Å². The topological polar surface area (TPSA) is 107 Å². The molecule has 0 bridgehead atoms. The van der Waals surface area contributed by atoms with E-state index >= 15 is 0 Å². The second-order valence-corrected chi connectivity index (χ2v) is 7.33. The third-order valence-electron chi connectivity index (χ3n) is 3.43. The van der Waals surface area contributed by atoms with Gasteiger partial charge in [0, 0.05) is 11.9 Å². The maximum atomic E-state index is 13.2. The van der Waals surface area contributed by atoms with Gasteiger partial charge in [0.2, 0.25) is 0 Å². The molecule has 0 radical (unpaired) electrons. The van der Waals surface area contributed by atoms with Crippen molar-refractivity contribution in [1.82, 2.24) is 9.78 Å². The first-order chi connectivity index (χ1) is 12.3. The van der Waals surface area contributed by atoms with Crippen LogP contribution in [0.5, 0.6) is 0 Å². The first-order valence-electron chi connectivity index (χ1n) is 7.20. The fraction of sp³-hybridized carbons (Fsp3) is 0. The van der Waals surface area contributed by atoms with Crippen molar-refractivity contribution in [3.8, 4) is 5.69 Å². The molecule has 3 aromatic rings. The number of sulfonamides is 1. The average molecular weight is 395 g/mol. The maximum absolute atomic E-state index is 13.2. The lowest BCUT2D eigenvalue weighted by molar-refractivity contribution is 0.0995. The summed E-state index contributed by atoms with van der Waals surface area (Å²) in [6.07, 6.45) is 1.56. The lowest BCUT2D eigenvalue weighted by atomic mass is 10.3. The molecule has 0 atom stereocenters. The number of nitrogens with one attached hydrogen (secondary N) is 1. The van der Waals surface area contributed by atoms with Crippen molar-refractivity contribution in [1.29, 1.82) is 0 Å². The molecule has 1 heterocycles. The maximum Gasteiger partial charge on any atom is 0.269 e. The van der Waals surface area contributed by atoms with Crippen LogP contribution in [0.2, 0.25) is 5.02 Å². The van der Waals surface area contributed by atoms with E-state index in [4.69, 9.17) is 17.3 Å². The number of aromatic nitrogens is 2. The molecule has 0 fully saturated rings. The minimum atomic E-state index is -3.92. The highest BCUT2D eigenvalue weighted by Gasteiger charge is 2.16. The molecule has 0 unspecified atom stereocenters. The third-order valence-corrected chi connectivity index (χ3v) is 5.10. The van der Waals surface area contributed by atoms with Gasteiger partial charge >= 0.3 is 0 Å². The normalized spacial score (nSPS) is 11.3. The minimum Gasteiger partial charge on any atom is -0.364 e. The van der Waals surface area contributed by atoms with Crippen LogP contribution < -0.4 is 10.5 Å². The summed E-state index contributed by atoms with van der Waals surface area (Å²) in [6.45, 7) is 0. The summed E-state index contributed by atoms with van der Waals surface area (Å²) in [7, 11) is -3.92. The van der Waals surface area contributed by atoms with E-state index < -0.39 is 21.7 Å². The molecule has 26 heavy (non-hydrogen) atoms. The van der Waals surface area contributed by atoms with Crippen molar-refractivity contribution < 1.29 is 17.6 Å². The number of hydrogen-bond acceptors (Lipinski definition) is 4. The van der Waals surface area contributed by atoms with Crippen molar-refractivity contribution in [2.75, 3.05) is 4.72 Å². The van der Waals surface area contributed by atoms with E-state index in [9.17, 15) is 17.6 Å². The van der Waals surface area contributed by atoms with Crippen LogP contribution in [-0.2, 0) is 10.0 Å². The smallest absolute Gasteiger partial charge is 0.269 e. The van der Waals surface area contributed by atoms with Crippen LogP contribution in [0, 0.1) is 5.82 Å². The Morgan fingerprint density at radius 3 is 2.42 bits per heavy atom. The largest absolute Gasteiger partial charge is 0.364 e. The third kappa shape index (κ3) is 3.68. The number of nitrogens with two attached hydrogens (primary N) is 1. The summed E-state index contributed by atoms with van der Waals surface area (Å²) in [6, 6.07) is 10.8. The van der Waals surface area contributed by atoms with Crippen LogP contribution in [0.3, 0.4) is 0 Å². The van der Waals surface area contributed by atoms with E-state index in [2.05, 4.69) is 9.82 Å². The molecule has 0 spiro atoms. The Labute approximate surface area is 153 Å². The quantitative estimate of drug-likeness (QED) is 0.693. The fourth-order valence-corrected chi connectivity index (χ4v) is 3.47. The first kappa shape index (κ1) is 17.9. The number of benzene rings is 2. The fourth-order valence-electron chi connectivity index (χ4n) is 2.14. The number of rotatable bonds is 5. The van der Waals surface area contributed by atoms with Crippen LogP contribution in [0.25, 0.3) is 5.69 Å². The molecule has 3 N–H and O–H groups in total. The Hall–Kier alpha value is -2.91. The predicted octanol–water partition coefficient (Wildman–Crippen LogP) is 2.56. The van der Waals surface area contributed by atoms with Gasteiger partial charge in [0.1, 0.15) is 11.5 Å². The lowest BCUT2D eigenvalue weighted by Crippen LogP contribution is -2.13. The molecule has 0 aliphatic rings. The summed E-state index contributed by atoms with van der Waals surface area (Å²) in [5.74, 6) is -1.35. The van der Waals surface area contributed by atoms with Gasteiger partial charge in [-0.05, 0) is 48.5 Å². The summed E-state index contributed by atoms with van der Waals surface area (Å²) in [4.78, 5) is 10.9. The minimum absolute atomic E-state index is 0.114. The molecule has 0 aliphatic carbocycles. The van der Waals surface area contributed by atoms with Gasteiger partial charge in [-0.25, -0.2) is 17.5 Å². The highest BCUT2D eigenvalue weighted by atomic mass is 35.5. The Kier molecular flexibility index (Phi) is 4.66. The van der Waals surface area contributed by atoms with E-state index in [1.54, 1.807) is 18.3 Å². The summed E-state index contributed by atoms with van der Waals surface area (Å²) in [5.41, 5.74) is 6.15. The number of primary amides is 1. The van der Waals surface area contributed by atoms with Gasteiger partial charge in [-0.15, -0.1) is 0 Å². The monoisotopic (exact) mass is 394 g/mol. The van der Waals surface area contributed by atoms with Crippen LogP contribution >= 0.6 is 11.6 Å². The summed E-state index contributed by atoms with van der Waals surface area (Å²) in [5, 5.41) is 3.72. The molecule has 134 valence electrons. The Bertz CT molecular complexity index is 1080. The zero-order valence-electron chi connectivity index (χ0n) is 13.1. The summed E-state index contributed by atoms with van der Waals surface area (Å²) < 4.78 is 41.7. The van der Waals surface area contributed by atoms with E-state index in [1.165, 1.54) is 22.9 Å². The molecule has 0 saturated carbocycles. The molecule has 10 heteroatoms. The van der Waals surface area contributed by atoms with Crippen LogP contribution in [0.1, 0.15) is 10.5 Å².